The number of aromatic nitrogens is 2. The Bertz CT molecular complexity index is 1100. The molecule has 1 atom stereocenters. The van der Waals surface area contributed by atoms with Crippen molar-refractivity contribution >= 4 is 10.9 Å². The van der Waals surface area contributed by atoms with E-state index in [4.69, 9.17) is 0 Å². The van der Waals surface area contributed by atoms with E-state index in [1.807, 2.05) is 18.2 Å². The average molecular weight is 439 g/mol. The van der Waals surface area contributed by atoms with Gasteiger partial charge in [-0.25, -0.2) is 5.01 Å². The Morgan fingerprint density at radius 3 is 2.84 bits per heavy atom. The van der Waals surface area contributed by atoms with Crippen molar-refractivity contribution in [2.75, 3.05) is 13.1 Å². The largest absolute Gasteiger partial charge is 0.504 e. The van der Waals surface area contributed by atoms with Crippen LogP contribution in [-0.2, 0) is 19.3 Å². The Balaban J connectivity index is 1.40. The molecule has 5 N–H and O–H groups in total. The van der Waals surface area contributed by atoms with Gasteiger partial charge in [0.1, 0.15) is 0 Å². The molecule has 0 radical (unpaired) electrons. The van der Waals surface area contributed by atoms with E-state index in [9.17, 15) is 15.0 Å². The van der Waals surface area contributed by atoms with E-state index in [1.54, 1.807) is 6.07 Å². The molecule has 0 aliphatic heterocycles. The molecule has 172 valence electrons. The van der Waals surface area contributed by atoms with Crippen molar-refractivity contribution in [1.29, 1.82) is 0 Å². The number of hydrogen-bond donors (Lipinski definition) is 5. The normalized spacial score (nSPS) is 16.0. The fraction of sp³-hybridized carbons (Fsp3) is 0.480. The molecule has 1 aliphatic carbocycles. The third-order valence-electron chi connectivity index (χ3n) is 6.60. The van der Waals surface area contributed by atoms with E-state index in [0.717, 1.165) is 67.4 Å². The lowest BCUT2D eigenvalue weighted by atomic mass is 9.87. The minimum atomic E-state index is -0.0810. The van der Waals surface area contributed by atoms with Gasteiger partial charge in [0.05, 0.1) is 10.9 Å². The molecule has 0 amide bonds. The van der Waals surface area contributed by atoms with E-state index in [-0.39, 0.29) is 17.1 Å². The first-order valence-corrected chi connectivity index (χ1v) is 11.8. The standard InChI is InChI=1S/C25H34N4O3/c1-2-3-4-5-14-29(19-8-9-20-18(16-19)7-11-23(30)24(20)31)26-13-12-17-6-10-22-21(15-17)25(32)28-27-22/h6-7,10-11,15,19,26,30-31H,2-5,8-9,12-14,16H2,1H3,(H2,27,28,32). The monoisotopic (exact) mass is 438 g/mol. The number of nitrogens with zero attached hydrogens (tertiary/aromatic N) is 1. The summed E-state index contributed by atoms with van der Waals surface area (Å²) < 4.78 is 0. The molecule has 1 unspecified atom stereocenters. The maximum absolute atomic E-state index is 11.9. The molecule has 0 saturated carbocycles. The van der Waals surface area contributed by atoms with Gasteiger partial charge in [0.15, 0.2) is 11.5 Å². The molecule has 7 heteroatoms. The van der Waals surface area contributed by atoms with Crippen LogP contribution in [0.25, 0.3) is 10.9 Å². The van der Waals surface area contributed by atoms with Crippen LogP contribution >= 0.6 is 0 Å². The summed E-state index contributed by atoms with van der Waals surface area (Å²) in [7, 11) is 0. The highest BCUT2D eigenvalue weighted by molar-refractivity contribution is 5.78. The van der Waals surface area contributed by atoms with Gasteiger partial charge in [-0.1, -0.05) is 38.3 Å². The summed E-state index contributed by atoms with van der Waals surface area (Å²) in [5.41, 5.74) is 7.55. The molecule has 32 heavy (non-hydrogen) atoms. The van der Waals surface area contributed by atoms with Gasteiger partial charge in [0, 0.05) is 24.7 Å². The average Bonchev–Trinajstić information content (AvgIpc) is 3.18. The van der Waals surface area contributed by atoms with Gasteiger partial charge in [0.2, 0.25) is 0 Å². The van der Waals surface area contributed by atoms with Crippen LogP contribution < -0.4 is 11.0 Å². The van der Waals surface area contributed by atoms with Gasteiger partial charge in [0.25, 0.3) is 5.56 Å². The van der Waals surface area contributed by atoms with Crippen molar-refractivity contribution in [3.05, 3.63) is 57.4 Å². The molecular weight excluding hydrogens is 404 g/mol. The number of benzene rings is 2. The van der Waals surface area contributed by atoms with Crippen molar-refractivity contribution in [3.8, 4) is 11.5 Å². The minimum absolute atomic E-state index is 0.0324. The molecule has 3 aromatic rings. The summed E-state index contributed by atoms with van der Waals surface area (Å²) in [5, 5.41) is 28.6. The van der Waals surface area contributed by atoms with Crippen LogP contribution in [-0.4, -0.2) is 44.6 Å². The second-order valence-corrected chi connectivity index (χ2v) is 8.84. The minimum Gasteiger partial charge on any atom is -0.504 e. The number of hydrazine groups is 1. The predicted molar refractivity (Wildman–Crippen MR) is 127 cm³/mol. The second-order valence-electron chi connectivity index (χ2n) is 8.84. The van der Waals surface area contributed by atoms with Crippen LogP contribution in [0.5, 0.6) is 11.5 Å². The highest BCUT2D eigenvalue weighted by atomic mass is 16.3. The van der Waals surface area contributed by atoms with Crippen molar-refractivity contribution in [1.82, 2.24) is 20.6 Å². The van der Waals surface area contributed by atoms with E-state index in [2.05, 4.69) is 33.6 Å². The number of rotatable bonds is 10. The zero-order valence-corrected chi connectivity index (χ0v) is 18.8. The highest BCUT2D eigenvalue weighted by Gasteiger charge is 2.26. The lowest BCUT2D eigenvalue weighted by molar-refractivity contribution is 0.109. The van der Waals surface area contributed by atoms with E-state index in [1.165, 1.54) is 19.3 Å². The lowest BCUT2D eigenvalue weighted by Crippen LogP contribution is -2.49. The van der Waals surface area contributed by atoms with E-state index < -0.39 is 0 Å². The lowest BCUT2D eigenvalue weighted by Gasteiger charge is -2.36. The molecule has 0 spiro atoms. The van der Waals surface area contributed by atoms with Gasteiger partial charge < -0.3 is 10.2 Å². The van der Waals surface area contributed by atoms with E-state index >= 15 is 0 Å². The predicted octanol–water partition coefficient (Wildman–Crippen LogP) is 3.75. The first-order valence-electron chi connectivity index (χ1n) is 11.8. The molecule has 0 bridgehead atoms. The van der Waals surface area contributed by atoms with Crippen molar-refractivity contribution < 1.29 is 10.2 Å². The van der Waals surface area contributed by atoms with Gasteiger partial charge in [-0.15, -0.1) is 0 Å². The second kappa shape index (κ2) is 10.2. The number of aromatic amines is 2. The zero-order chi connectivity index (χ0) is 22.5. The van der Waals surface area contributed by atoms with Gasteiger partial charge in [-0.05, 0) is 61.4 Å². The molecule has 7 nitrogen and oxygen atoms in total. The maximum atomic E-state index is 11.9. The molecule has 4 rings (SSSR count). The topological polar surface area (TPSA) is 104 Å². The summed E-state index contributed by atoms with van der Waals surface area (Å²) in [6.45, 7) is 4.01. The number of nitrogens with one attached hydrogen (secondary N) is 3. The number of unbranched alkanes of at least 4 members (excludes halogenated alkanes) is 3. The Hall–Kier alpha value is -2.77. The van der Waals surface area contributed by atoms with Crippen LogP contribution in [0.15, 0.2) is 35.1 Å². The van der Waals surface area contributed by atoms with Gasteiger partial charge in [-0.3, -0.25) is 20.4 Å². The number of H-pyrrole nitrogens is 2. The van der Waals surface area contributed by atoms with Crippen LogP contribution in [0.3, 0.4) is 0 Å². The quantitative estimate of drug-likeness (QED) is 0.188. The number of phenols is 2. The number of fused-ring (bicyclic) bond motifs is 2. The molecule has 0 saturated heterocycles. The molecule has 2 aromatic carbocycles. The van der Waals surface area contributed by atoms with Crippen LogP contribution in [0.2, 0.25) is 0 Å². The summed E-state index contributed by atoms with van der Waals surface area (Å²) in [6.07, 6.45) is 8.23. The first-order chi connectivity index (χ1) is 15.6. The Labute approximate surface area is 188 Å². The fourth-order valence-electron chi connectivity index (χ4n) is 4.75. The first kappa shape index (κ1) is 22.4. The molecular formula is C25H34N4O3. The fourth-order valence-corrected chi connectivity index (χ4v) is 4.75. The Morgan fingerprint density at radius 2 is 2.00 bits per heavy atom. The molecule has 1 aromatic heterocycles. The summed E-state index contributed by atoms with van der Waals surface area (Å²) in [6, 6.07) is 9.85. The summed E-state index contributed by atoms with van der Waals surface area (Å²) in [4.78, 5) is 11.9. The number of hydrogen-bond acceptors (Lipinski definition) is 5. The summed E-state index contributed by atoms with van der Waals surface area (Å²) in [5.74, 6) is 0.00789. The third kappa shape index (κ3) is 5.00. The number of phenolic OH excluding ortho intramolecular Hbond substituents is 2. The van der Waals surface area contributed by atoms with Crippen molar-refractivity contribution in [2.45, 2.75) is 64.3 Å². The Morgan fingerprint density at radius 1 is 1.12 bits per heavy atom. The highest BCUT2D eigenvalue weighted by Crippen LogP contribution is 2.36. The molecule has 1 heterocycles. The van der Waals surface area contributed by atoms with Crippen LogP contribution in [0, 0.1) is 0 Å². The zero-order valence-electron chi connectivity index (χ0n) is 18.8. The SMILES string of the molecule is CCCCCCN(NCCc1ccc2[nH][nH]c(=O)c2c1)C1CCc2c(ccc(O)c2O)C1. The van der Waals surface area contributed by atoms with E-state index in [0.29, 0.717) is 11.4 Å². The smallest absolute Gasteiger partial charge is 0.271 e. The number of aromatic hydroxyl groups is 2. The molecule has 1 aliphatic rings. The molecule has 0 fully saturated rings. The third-order valence-corrected chi connectivity index (χ3v) is 6.60. The van der Waals surface area contributed by atoms with Crippen LogP contribution in [0.1, 0.15) is 55.7 Å². The van der Waals surface area contributed by atoms with Crippen molar-refractivity contribution in [2.24, 2.45) is 0 Å². The van der Waals surface area contributed by atoms with Crippen LogP contribution in [0.4, 0.5) is 0 Å². The summed E-state index contributed by atoms with van der Waals surface area (Å²) >= 11 is 0. The Kier molecular flexibility index (Phi) is 7.17. The maximum Gasteiger partial charge on any atom is 0.271 e. The van der Waals surface area contributed by atoms with Crippen molar-refractivity contribution in [3.63, 3.8) is 0 Å². The van der Waals surface area contributed by atoms with Gasteiger partial charge >= 0.3 is 0 Å². The van der Waals surface area contributed by atoms with Gasteiger partial charge in [-0.2, -0.15) is 0 Å².